The topological polar surface area (TPSA) is 91.6 Å². The second-order valence-electron chi connectivity index (χ2n) is 5.82. The first-order valence-electron chi connectivity index (χ1n) is 7.91. The van der Waals surface area contributed by atoms with Crippen LogP contribution in [0.1, 0.15) is 11.1 Å². The summed E-state index contributed by atoms with van der Waals surface area (Å²) in [5.41, 5.74) is -0.501. The van der Waals surface area contributed by atoms with Gasteiger partial charge in [-0.15, -0.1) is 0 Å². The lowest BCUT2D eigenvalue weighted by molar-refractivity contribution is -0.137. The lowest BCUT2D eigenvalue weighted by Gasteiger charge is -2.09. The number of benzene rings is 1. The highest BCUT2D eigenvalue weighted by molar-refractivity contribution is 5.65. The van der Waals surface area contributed by atoms with Crippen LogP contribution in [0.2, 0.25) is 0 Å². The zero-order chi connectivity index (χ0) is 19.9. The molecule has 11 heteroatoms. The molecule has 0 aliphatic carbocycles. The Hall–Kier alpha value is -3.76. The molecule has 0 unspecified atom stereocenters. The van der Waals surface area contributed by atoms with E-state index in [-0.39, 0.29) is 11.6 Å². The number of halogens is 3. The van der Waals surface area contributed by atoms with E-state index in [1.165, 1.54) is 35.7 Å². The van der Waals surface area contributed by atoms with E-state index in [9.17, 15) is 18.0 Å². The van der Waals surface area contributed by atoms with E-state index in [0.29, 0.717) is 16.9 Å². The summed E-state index contributed by atoms with van der Waals surface area (Å²) in [6.45, 7) is 1.72. The van der Waals surface area contributed by atoms with Gasteiger partial charge in [-0.2, -0.15) is 28.2 Å². The van der Waals surface area contributed by atoms with Crippen molar-refractivity contribution in [2.45, 2.75) is 13.1 Å². The summed E-state index contributed by atoms with van der Waals surface area (Å²) in [5, 5.41) is 3.94. The summed E-state index contributed by atoms with van der Waals surface area (Å²) in [4.78, 5) is 24.3. The molecular weight excluding hydrogens is 377 g/mol. The van der Waals surface area contributed by atoms with Gasteiger partial charge in [-0.05, 0) is 19.1 Å². The third-order valence-electron chi connectivity index (χ3n) is 3.97. The van der Waals surface area contributed by atoms with Crippen LogP contribution in [-0.2, 0) is 6.18 Å². The molecule has 142 valence electrons. The fraction of sp³-hybridized carbons (Fsp3) is 0.118. The quantitative estimate of drug-likeness (QED) is 0.536. The van der Waals surface area contributed by atoms with E-state index in [1.54, 1.807) is 6.92 Å². The maximum Gasteiger partial charge on any atom is 0.416 e. The number of nitrogens with zero attached hydrogens (tertiary/aromatic N) is 6. The Labute approximate surface area is 154 Å². The maximum absolute atomic E-state index is 12.8. The lowest BCUT2D eigenvalue weighted by atomic mass is 10.1. The van der Waals surface area contributed by atoms with Crippen LogP contribution in [0.5, 0.6) is 0 Å². The standard InChI is InChI=1S/C17H11F3N6O2/c1-10-6-25(16(27)24-14(10)26-8-21-7-23-26)15-13(28-9-22-15)11-2-4-12(5-3-11)17(18,19)20/h2-9H,1H3. The van der Waals surface area contributed by atoms with Crippen LogP contribution in [0.15, 0.2) is 58.7 Å². The van der Waals surface area contributed by atoms with Gasteiger partial charge in [0.2, 0.25) is 0 Å². The zero-order valence-electron chi connectivity index (χ0n) is 14.3. The van der Waals surface area contributed by atoms with E-state index in [4.69, 9.17) is 4.42 Å². The first-order valence-corrected chi connectivity index (χ1v) is 7.91. The summed E-state index contributed by atoms with van der Waals surface area (Å²) in [6.07, 6.45) is 0.876. The van der Waals surface area contributed by atoms with Crippen molar-refractivity contribution in [2.75, 3.05) is 0 Å². The van der Waals surface area contributed by atoms with Gasteiger partial charge in [-0.25, -0.2) is 19.0 Å². The molecule has 0 N–H and O–H groups in total. The molecule has 0 atom stereocenters. The predicted molar refractivity (Wildman–Crippen MR) is 90.0 cm³/mol. The van der Waals surface area contributed by atoms with Gasteiger partial charge in [0.15, 0.2) is 23.8 Å². The third kappa shape index (κ3) is 3.06. The average molecular weight is 388 g/mol. The molecule has 4 aromatic rings. The minimum atomic E-state index is -4.45. The fourth-order valence-corrected chi connectivity index (χ4v) is 2.66. The second kappa shape index (κ2) is 6.44. The summed E-state index contributed by atoms with van der Waals surface area (Å²) in [5.74, 6) is 0.564. The number of aromatic nitrogens is 6. The summed E-state index contributed by atoms with van der Waals surface area (Å²) in [7, 11) is 0. The Morgan fingerprint density at radius 3 is 2.50 bits per heavy atom. The highest BCUT2D eigenvalue weighted by atomic mass is 19.4. The smallest absolute Gasteiger partial charge is 0.416 e. The van der Waals surface area contributed by atoms with Gasteiger partial charge in [0.1, 0.15) is 12.7 Å². The molecule has 3 heterocycles. The van der Waals surface area contributed by atoms with Gasteiger partial charge in [-0.3, -0.25) is 0 Å². The van der Waals surface area contributed by atoms with Crippen molar-refractivity contribution >= 4 is 0 Å². The summed E-state index contributed by atoms with van der Waals surface area (Å²) in [6, 6.07) is 4.37. The highest BCUT2D eigenvalue weighted by Crippen LogP contribution is 2.32. The Morgan fingerprint density at radius 2 is 1.86 bits per heavy atom. The summed E-state index contributed by atoms with van der Waals surface area (Å²) < 4.78 is 46.1. The number of hydrogen-bond acceptors (Lipinski definition) is 6. The SMILES string of the molecule is Cc1cn(-c2ncoc2-c2ccc(C(F)(F)F)cc2)c(=O)nc1-n1cncn1. The first kappa shape index (κ1) is 17.6. The third-order valence-corrected chi connectivity index (χ3v) is 3.97. The molecule has 3 aromatic heterocycles. The van der Waals surface area contributed by atoms with Gasteiger partial charge >= 0.3 is 11.9 Å². The number of hydrogen-bond donors (Lipinski definition) is 0. The molecule has 0 saturated heterocycles. The largest absolute Gasteiger partial charge is 0.441 e. The molecule has 0 aliphatic rings. The van der Waals surface area contributed by atoms with Crippen LogP contribution in [0.4, 0.5) is 13.2 Å². The van der Waals surface area contributed by atoms with Crippen molar-refractivity contribution in [3.05, 3.63) is 71.1 Å². The number of oxazole rings is 1. The zero-order valence-corrected chi connectivity index (χ0v) is 14.3. The molecule has 0 aliphatic heterocycles. The molecule has 0 bridgehead atoms. The van der Waals surface area contributed by atoms with Crippen LogP contribution in [0, 0.1) is 6.92 Å². The van der Waals surface area contributed by atoms with Gasteiger partial charge in [0.05, 0.1) is 5.56 Å². The van der Waals surface area contributed by atoms with E-state index in [1.807, 2.05) is 0 Å². The van der Waals surface area contributed by atoms with Crippen molar-refractivity contribution in [3.63, 3.8) is 0 Å². The van der Waals surface area contributed by atoms with Gasteiger partial charge in [0.25, 0.3) is 0 Å². The molecule has 0 fully saturated rings. The van der Waals surface area contributed by atoms with Crippen molar-refractivity contribution in [2.24, 2.45) is 0 Å². The van der Waals surface area contributed by atoms with E-state index in [0.717, 1.165) is 23.1 Å². The maximum atomic E-state index is 12.8. The van der Waals surface area contributed by atoms with E-state index in [2.05, 4.69) is 20.1 Å². The molecule has 1 aromatic carbocycles. The van der Waals surface area contributed by atoms with Crippen LogP contribution in [0.25, 0.3) is 23.0 Å². The first-order chi connectivity index (χ1) is 13.3. The van der Waals surface area contributed by atoms with Crippen LogP contribution in [0.3, 0.4) is 0 Å². The molecular formula is C17H11F3N6O2. The van der Waals surface area contributed by atoms with Crippen LogP contribution >= 0.6 is 0 Å². The Bertz CT molecular complexity index is 1180. The molecule has 0 spiro atoms. The Kier molecular flexibility index (Phi) is 4.06. The Morgan fingerprint density at radius 1 is 1.11 bits per heavy atom. The predicted octanol–water partition coefficient (Wildman–Crippen LogP) is 2.80. The van der Waals surface area contributed by atoms with Crippen molar-refractivity contribution in [1.29, 1.82) is 0 Å². The molecule has 4 rings (SSSR count). The fourth-order valence-electron chi connectivity index (χ4n) is 2.66. The van der Waals surface area contributed by atoms with Gasteiger partial charge < -0.3 is 4.42 Å². The van der Waals surface area contributed by atoms with E-state index < -0.39 is 17.4 Å². The molecule has 8 nitrogen and oxygen atoms in total. The van der Waals surface area contributed by atoms with Crippen molar-refractivity contribution < 1.29 is 17.6 Å². The average Bonchev–Trinajstić information content (AvgIpc) is 3.34. The number of alkyl halides is 3. The lowest BCUT2D eigenvalue weighted by Crippen LogP contribution is -2.24. The minimum absolute atomic E-state index is 0.116. The van der Waals surface area contributed by atoms with Crippen molar-refractivity contribution in [3.8, 4) is 23.0 Å². The summed E-state index contributed by atoms with van der Waals surface area (Å²) >= 11 is 0. The van der Waals surface area contributed by atoms with E-state index >= 15 is 0 Å². The number of aryl methyl sites for hydroxylation is 1. The van der Waals surface area contributed by atoms with Crippen LogP contribution < -0.4 is 5.69 Å². The molecule has 0 amide bonds. The molecule has 28 heavy (non-hydrogen) atoms. The Balaban J connectivity index is 1.78. The van der Waals surface area contributed by atoms with Crippen LogP contribution in [-0.4, -0.2) is 29.3 Å². The molecule has 0 saturated carbocycles. The van der Waals surface area contributed by atoms with Gasteiger partial charge in [-0.1, -0.05) is 12.1 Å². The van der Waals surface area contributed by atoms with Gasteiger partial charge in [0, 0.05) is 17.3 Å². The highest BCUT2D eigenvalue weighted by Gasteiger charge is 2.30. The van der Waals surface area contributed by atoms with Crippen molar-refractivity contribution in [1.82, 2.24) is 29.3 Å². The number of rotatable bonds is 3. The normalized spacial score (nSPS) is 11.7. The second-order valence-corrected chi connectivity index (χ2v) is 5.82. The minimum Gasteiger partial charge on any atom is -0.441 e. The molecule has 0 radical (unpaired) electrons. The monoisotopic (exact) mass is 388 g/mol.